The molecule has 0 N–H and O–H groups in total. The second-order valence-corrected chi connectivity index (χ2v) is 5.41. The van der Waals surface area contributed by atoms with Crippen LogP contribution in [0.25, 0.3) is 17.1 Å². The monoisotopic (exact) mass is 318 g/mol. The molecule has 0 spiro atoms. The predicted octanol–water partition coefficient (Wildman–Crippen LogP) is 2.65. The molecule has 2 aromatic heterocycles. The molecule has 118 valence electrons. The minimum Gasteiger partial charge on any atom is -0.465 e. The summed E-state index contributed by atoms with van der Waals surface area (Å²) in [6.07, 6.45) is 5.17. The van der Waals surface area contributed by atoms with Crippen LogP contribution in [0.15, 0.2) is 53.8 Å². The third kappa shape index (κ3) is 2.38. The van der Waals surface area contributed by atoms with Gasteiger partial charge in [0, 0.05) is 18.0 Å². The summed E-state index contributed by atoms with van der Waals surface area (Å²) in [6, 6.07) is 11.4. The second kappa shape index (κ2) is 5.73. The van der Waals surface area contributed by atoms with Crippen LogP contribution < -0.4 is 0 Å². The summed E-state index contributed by atoms with van der Waals surface area (Å²) in [5.74, 6) is 0.164. The minimum absolute atomic E-state index is 0.401. The van der Waals surface area contributed by atoms with Gasteiger partial charge in [-0.1, -0.05) is 12.1 Å². The Kier molecular flexibility index (Phi) is 3.42. The lowest BCUT2D eigenvalue weighted by Gasteiger charge is -2.09. The number of hydrogen-bond donors (Lipinski definition) is 0. The van der Waals surface area contributed by atoms with Crippen LogP contribution in [0.5, 0.6) is 0 Å². The summed E-state index contributed by atoms with van der Waals surface area (Å²) >= 11 is 0. The molecule has 4 rings (SSSR count). The van der Waals surface area contributed by atoms with Gasteiger partial charge in [-0.2, -0.15) is 5.10 Å². The molecular formula is C18H14N4O2. The lowest BCUT2D eigenvalue weighted by Crippen LogP contribution is -2.06. The summed E-state index contributed by atoms with van der Waals surface area (Å²) in [4.78, 5) is 20.3. The van der Waals surface area contributed by atoms with E-state index in [0.29, 0.717) is 17.9 Å². The smallest absolute Gasteiger partial charge is 0.338 e. The largest absolute Gasteiger partial charge is 0.465 e. The number of aliphatic imine (C=N–C) groups is 1. The molecule has 1 aromatic carbocycles. The number of nitrogens with zero attached hydrogens (tertiary/aromatic N) is 4. The van der Waals surface area contributed by atoms with Gasteiger partial charge in [0.25, 0.3) is 0 Å². The fourth-order valence-corrected chi connectivity index (χ4v) is 2.75. The first-order chi connectivity index (χ1) is 11.8. The molecule has 6 nitrogen and oxygen atoms in total. The number of hydrogen-bond acceptors (Lipinski definition) is 5. The van der Waals surface area contributed by atoms with E-state index in [9.17, 15) is 4.79 Å². The summed E-state index contributed by atoms with van der Waals surface area (Å²) in [5.41, 5.74) is 4.71. The Labute approximate surface area is 138 Å². The Hall–Kier alpha value is -3.28. The first-order valence-electron chi connectivity index (χ1n) is 7.48. The fourth-order valence-electron chi connectivity index (χ4n) is 2.75. The van der Waals surface area contributed by atoms with Crippen molar-refractivity contribution in [3.8, 4) is 17.1 Å². The number of ether oxygens (including phenoxy) is 1. The molecule has 0 bridgehead atoms. The first kappa shape index (κ1) is 14.3. The zero-order valence-electron chi connectivity index (χ0n) is 13.0. The average molecular weight is 318 g/mol. The van der Waals surface area contributed by atoms with Gasteiger partial charge in [0.15, 0.2) is 5.82 Å². The number of aromatic nitrogens is 3. The molecule has 24 heavy (non-hydrogen) atoms. The van der Waals surface area contributed by atoms with Crippen LogP contribution in [0.4, 0.5) is 0 Å². The third-order valence-corrected chi connectivity index (χ3v) is 3.96. The fraction of sp³-hybridized carbons (Fsp3) is 0.111. The average Bonchev–Trinajstić information content (AvgIpc) is 3.29. The Balaban J connectivity index is 1.77. The SMILES string of the molecule is COC(=O)c1ccnc(-n2nccc2-c2ccc3c(c2)CN=C3)c1. The zero-order chi connectivity index (χ0) is 16.5. The summed E-state index contributed by atoms with van der Waals surface area (Å²) in [6.45, 7) is 0.702. The number of fused-ring (bicyclic) bond motifs is 1. The van der Waals surface area contributed by atoms with E-state index in [1.54, 1.807) is 29.2 Å². The highest BCUT2D eigenvalue weighted by Crippen LogP contribution is 2.26. The quantitative estimate of drug-likeness (QED) is 0.696. The van der Waals surface area contributed by atoms with Gasteiger partial charge in [-0.25, -0.2) is 14.5 Å². The van der Waals surface area contributed by atoms with E-state index in [2.05, 4.69) is 27.2 Å². The van der Waals surface area contributed by atoms with Crippen molar-refractivity contribution in [2.45, 2.75) is 6.54 Å². The molecule has 6 heteroatoms. The predicted molar refractivity (Wildman–Crippen MR) is 89.4 cm³/mol. The van der Waals surface area contributed by atoms with Crippen molar-refractivity contribution in [2.75, 3.05) is 7.11 Å². The van der Waals surface area contributed by atoms with Crippen molar-refractivity contribution in [3.05, 3.63) is 65.5 Å². The molecular weight excluding hydrogens is 304 g/mol. The van der Waals surface area contributed by atoms with E-state index in [4.69, 9.17) is 4.74 Å². The van der Waals surface area contributed by atoms with Gasteiger partial charge in [-0.15, -0.1) is 0 Å². The van der Waals surface area contributed by atoms with E-state index in [1.165, 1.54) is 12.7 Å². The molecule has 3 heterocycles. The number of esters is 1. The Morgan fingerprint density at radius 1 is 1.17 bits per heavy atom. The van der Waals surface area contributed by atoms with Crippen molar-refractivity contribution >= 4 is 12.2 Å². The van der Waals surface area contributed by atoms with Gasteiger partial charge in [-0.3, -0.25) is 4.99 Å². The molecule has 1 aliphatic rings. The number of carbonyl (C=O) groups is 1. The number of benzene rings is 1. The highest BCUT2D eigenvalue weighted by molar-refractivity contribution is 5.89. The molecule has 0 atom stereocenters. The van der Waals surface area contributed by atoms with Crippen LogP contribution in [-0.4, -0.2) is 34.1 Å². The van der Waals surface area contributed by atoms with Gasteiger partial charge >= 0.3 is 5.97 Å². The highest BCUT2D eigenvalue weighted by Gasteiger charge is 2.14. The molecule has 0 unspecified atom stereocenters. The van der Waals surface area contributed by atoms with Crippen LogP contribution in [0.2, 0.25) is 0 Å². The molecule has 0 saturated heterocycles. The topological polar surface area (TPSA) is 69.4 Å². The van der Waals surface area contributed by atoms with E-state index in [-0.39, 0.29) is 0 Å². The maximum Gasteiger partial charge on any atom is 0.338 e. The molecule has 0 saturated carbocycles. The van der Waals surface area contributed by atoms with Crippen molar-refractivity contribution in [2.24, 2.45) is 4.99 Å². The van der Waals surface area contributed by atoms with Crippen molar-refractivity contribution < 1.29 is 9.53 Å². The van der Waals surface area contributed by atoms with Gasteiger partial charge in [0.05, 0.1) is 31.1 Å². The van der Waals surface area contributed by atoms with E-state index in [1.807, 2.05) is 18.3 Å². The van der Waals surface area contributed by atoms with Gasteiger partial charge < -0.3 is 4.74 Å². The van der Waals surface area contributed by atoms with Gasteiger partial charge in [0.1, 0.15) is 0 Å². The zero-order valence-corrected chi connectivity index (χ0v) is 13.0. The van der Waals surface area contributed by atoms with Crippen LogP contribution >= 0.6 is 0 Å². The van der Waals surface area contributed by atoms with Gasteiger partial charge in [-0.05, 0) is 35.4 Å². The Morgan fingerprint density at radius 2 is 2.08 bits per heavy atom. The van der Waals surface area contributed by atoms with Crippen LogP contribution in [0, 0.1) is 0 Å². The first-order valence-corrected chi connectivity index (χ1v) is 7.48. The highest BCUT2D eigenvalue weighted by atomic mass is 16.5. The molecule has 0 fully saturated rings. The Morgan fingerprint density at radius 3 is 2.96 bits per heavy atom. The summed E-state index contributed by atoms with van der Waals surface area (Å²) < 4.78 is 6.48. The number of methoxy groups -OCH3 is 1. The minimum atomic E-state index is -0.401. The maximum atomic E-state index is 11.7. The number of rotatable bonds is 3. The second-order valence-electron chi connectivity index (χ2n) is 5.41. The lowest BCUT2D eigenvalue weighted by molar-refractivity contribution is 0.0600. The van der Waals surface area contributed by atoms with Crippen LogP contribution in [0.1, 0.15) is 21.5 Å². The van der Waals surface area contributed by atoms with E-state index < -0.39 is 5.97 Å². The molecule has 0 radical (unpaired) electrons. The number of carbonyl (C=O) groups excluding carboxylic acids is 1. The van der Waals surface area contributed by atoms with E-state index >= 15 is 0 Å². The van der Waals surface area contributed by atoms with Crippen molar-refractivity contribution in [3.63, 3.8) is 0 Å². The lowest BCUT2D eigenvalue weighted by atomic mass is 10.0. The summed E-state index contributed by atoms with van der Waals surface area (Å²) in [5, 5.41) is 4.35. The normalized spacial score (nSPS) is 12.2. The van der Waals surface area contributed by atoms with Crippen molar-refractivity contribution in [1.29, 1.82) is 0 Å². The molecule has 0 aliphatic carbocycles. The molecule has 3 aromatic rings. The maximum absolute atomic E-state index is 11.7. The van der Waals surface area contributed by atoms with E-state index in [0.717, 1.165) is 16.8 Å². The van der Waals surface area contributed by atoms with Crippen molar-refractivity contribution in [1.82, 2.24) is 14.8 Å². The van der Waals surface area contributed by atoms with Gasteiger partial charge in [0.2, 0.25) is 0 Å². The molecule has 1 aliphatic heterocycles. The van der Waals surface area contributed by atoms with Crippen LogP contribution in [-0.2, 0) is 11.3 Å². The summed E-state index contributed by atoms with van der Waals surface area (Å²) in [7, 11) is 1.36. The molecule has 0 amide bonds. The Bertz CT molecular complexity index is 959. The third-order valence-electron chi connectivity index (χ3n) is 3.96. The van der Waals surface area contributed by atoms with Crippen LogP contribution in [0.3, 0.4) is 0 Å². The number of pyridine rings is 1. The standard InChI is InChI=1S/C18H14N4O2/c1-24-18(23)13-4-6-20-17(9-13)22-16(5-7-21-22)12-2-3-14-10-19-11-15(14)8-12/h2-10H,11H2,1H3.